The van der Waals surface area contributed by atoms with Crippen LogP contribution in [0, 0.1) is 11.8 Å². The Morgan fingerprint density at radius 3 is 2.40 bits per heavy atom. The summed E-state index contributed by atoms with van der Waals surface area (Å²) in [7, 11) is 0. The Labute approximate surface area is 126 Å². The normalized spacial score (nSPS) is 38.9. The highest BCUT2D eigenvalue weighted by atomic mass is 16.5. The zero-order valence-corrected chi connectivity index (χ0v) is 13.9. The molecule has 0 saturated heterocycles. The summed E-state index contributed by atoms with van der Waals surface area (Å²) in [6, 6.07) is 0. The van der Waals surface area contributed by atoms with E-state index in [2.05, 4.69) is 26.1 Å². The van der Waals surface area contributed by atoms with Crippen molar-refractivity contribution in [3.8, 4) is 0 Å². The van der Waals surface area contributed by atoms with Crippen molar-refractivity contribution in [1.29, 1.82) is 0 Å². The minimum absolute atomic E-state index is 0.137. The first kappa shape index (κ1) is 16.3. The maximum absolute atomic E-state index is 6.76. The Hall–Kier alpha value is -0.0800. The minimum atomic E-state index is 0.137. The summed E-state index contributed by atoms with van der Waals surface area (Å²) in [4.78, 5) is 0. The highest BCUT2D eigenvalue weighted by Gasteiger charge is 2.38. The second kappa shape index (κ2) is 7.79. The molecular formula is C18H35NO. The van der Waals surface area contributed by atoms with Gasteiger partial charge in [-0.25, -0.2) is 0 Å². The molecule has 0 amide bonds. The molecule has 2 aliphatic carbocycles. The second-order valence-electron chi connectivity index (χ2n) is 7.46. The summed E-state index contributed by atoms with van der Waals surface area (Å²) in [5.74, 6) is 1.65. The van der Waals surface area contributed by atoms with Gasteiger partial charge in [-0.2, -0.15) is 0 Å². The molecule has 0 heterocycles. The first-order chi connectivity index (χ1) is 9.65. The smallest absolute Gasteiger partial charge is 0.0810 e. The fraction of sp³-hybridized carbons (Fsp3) is 1.00. The monoisotopic (exact) mass is 281 g/mol. The number of hydrogen-bond donors (Lipinski definition) is 1. The van der Waals surface area contributed by atoms with E-state index in [1.54, 1.807) is 0 Å². The van der Waals surface area contributed by atoms with Crippen LogP contribution in [0.1, 0.15) is 78.6 Å². The topological polar surface area (TPSA) is 21.3 Å². The van der Waals surface area contributed by atoms with Crippen LogP contribution in [0.2, 0.25) is 0 Å². The Balaban J connectivity index is 1.94. The Morgan fingerprint density at radius 1 is 1.05 bits per heavy atom. The average Bonchev–Trinajstić information content (AvgIpc) is 2.45. The summed E-state index contributed by atoms with van der Waals surface area (Å²) in [5, 5.41) is 3.64. The van der Waals surface area contributed by atoms with Gasteiger partial charge in [0.15, 0.2) is 0 Å². The molecule has 20 heavy (non-hydrogen) atoms. The lowest BCUT2D eigenvalue weighted by Crippen LogP contribution is -2.49. The number of rotatable bonds is 6. The molecule has 0 aromatic rings. The van der Waals surface area contributed by atoms with Gasteiger partial charge in [-0.15, -0.1) is 0 Å². The van der Waals surface area contributed by atoms with Crippen LogP contribution in [-0.4, -0.2) is 24.8 Å². The van der Waals surface area contributed by atoms with E-state index in [0.717, 1.165) is 24.9 Å². The van der Waals surface area contributed by atoms with Crippen LogP contribution in [0.3, 0.4) is 0 Å². The van der Waals surface area contributed by atoms with Gasteiger partial charge in [-0.1, -0.05) is 33.6 Å². The standard InChI is InChI=1S/C18H35NO/c1-4-13-19-14-18(11-9-15(2)10-12-18)20-17-8-6-5-7-16(17)3/h15-17,19H,4-14H2,1-3H3. The van der Waals surface area contributed by atoms with Gasteiger partial charge in [0, 0.05) is 6.54 Å². The first-order valence-electron chi connectivity index (χ1n) is 9.04. The van der Waals surface area contributed by atoms with Crippen LogP contribution < -0.4 is 5.32 Å². The lowest BCUT2D eigenvalue weighted by molar-refractivity contribution is -0.141. The van der Waals surface area contributed by atoms with Crippen molar-refractivity contribution < 1.29 is 4.74 Å². The number of ether oxygens (including phenoxy) is 1. The predicted octanol–water partition coefficient (Wildman–Crippen LogP) is 4.53. The molecule has 2 fully saturated rings. The van der Waals surface area contributed by atoms with Gasteiger partial charge in [-0.05, 0) is 63.3 Å². The SMILES string of the molecule is CCCNCC1(OC2CCCCC2C)CCC(C)CC1. The van der Waals surface area contributed by atoms with Gasteiger partial charge in [-0.3, -0.25) is 0 Å². The summed E-state index contributed by atoms with van der Waals surface area (Å²) < 4.78 is 6.76. The molecule has 2 unspecified atom stereocenters. The van der Waals surface area contributed by atoms with E-state index in [0.29, 0.717) is 6.10 Å². The molecule has 0 bridgehead atoms. The van der Waals surface area contributed by atoms with Gasteiger partial charge in [0.25, 0.3) is 0 Å². The summed E-state index contributed by atoms with van der Waals surface area (Å²) >= 11 is 0. The van der Waals surface area contributed by atoms with Crippen LogP contribution in [0.4, 0.5) is 0 Å². The minimum Gasteiger partial charge on any atom is -0.370 e. The maximum atomic E-state index is 6.76. The summed E-state index contributed by atoms with van der Waals surface area (Å²) in [5.41, 5.74) is 0.137. The van der Waals surface area contributed by atoms with Gasteiger partial charge in [0.2, 0.25) is 0 Å². The largest absolute Gasteiger partial charge is 0.370 e. The fourth-order valence-electron chi connectivity index (χ4n) is 3.90. The third-order valence-corrected chi connectivity index (χ3v) is 5.49. The van der Waals surface area contributed by atoms with Gasteiger partial charge >= 0.3 is 0 Å². The quantitative estimate of drug-likeness (QED) is 0.722. The maximum Gasteiger partial charge on any atom is 0.0810 e. The highest BCUT2D eigenvalue weighted by Crippen LogP contribution is 2.38. The van der Waals surface area contributed by atoms with Crippen LogP contribution in [0.5, 0.6) is 0 Å². The number of nitrogens with one attached hydrogen (secondary N) is 1. The van der Waals surface area contributed by atoms with Crippen LogP contribution in [0.15, 0.2) is 0 Å². The molecule has 0 aromatic carbocycles. The van der Waals surface area contributed by atoms with E-state index in [9.17, 15) is 0 Å². The summed E-state index contributed by atoms with van der Waals surface area (Å²) in [6.07, 6.45) is 12.3. The third kappa shape index (κ3) is 4.46. The fourth-order valence-corrected chi connectivity index (χ4v) is 3.90. The van der Waals surface area contributed by atoms with Crippen molar-refractivity contribution >= 4 is 0 Å². The molecular weight excluding hydrogens is 246 g/mol. The summed E-state index contributed by atoms with van der Waals surface area (Å²) in [6.45, 7) is 9.22. The average molecular weight is 281 g/mol. The zero-order chi connectivity index (χ0) is 14.4. The van der Waals surface area contributed by atoms with E-state index >= 15 is 0 Å². The van der Waals surface area contributed by atoms with Crippen molar-refractivity contribution in [2.45, 2.75) is 90.3 Å². The number of hydrogen-bond acceptors (Lipinski definition) is 2. The molecule has 0 spiro atoms. The lowest BCUT2D eigenvalue weighted by Gasteiger charge is -2.44. The van der Waals surface area contributed by atoms with Crippen LogP contribution >= 0.6 is 0 Å². The molecule has 0 radical (unpaired) electrons. The van der Waals surface area contributed by atoms with Crippen molar-refractivity contribution in [2.75, 3.05) is 13.1 Å². The molecule has 2 nitrogen and oxygen atoms in total. The Morgan fingerprint density at radius 2 is 1.75 bits per heavy atom. The van der Waals surface area contributed by atoms with E-state index in [4.69, 9.17) is 4.74 Å². The highest BCUT2D eigenvalue weighted by molar-refractivity contribution is 4.90. The zero-order valence-electron chi connectivity index (χ0n) is 13.9. The predicted molar refractivity (Wildman–Crippen MR) is 86.0 cm³/mol. The Kier molecular flexibility index (Phi) is 6.35. The van der Waals surface area contributed by atoms with Crippen LogP contribution in [-0.2, 0) is 4.74 Å². The van der Waals surface area contributed by atoms with E-state index < -0.39 is 0 Å². The van der Waals surface area contributed by atoms with Gasteiger partial charge in [0.1, 0.15) is 0 Å². The van der Waals surface area contributed by atoms with E-state index in [-0.39, 0.29) is 5.60 Å². The molecule has 2 heteroatoms. The molecule has 2 atom stereocenters. The molecule has 0 aromatic heterocycles. The van der Waals surface area contributed by atoms with Crippen molar-refractivity contribution in [1.82, 2.24) is 5.32 Å². The molecule has 2 saturated carbocycles. The molecule has 1 N–H and O–H groups in total. The van der Waals surface area contributed by atoms with Crippen molar-refractivity contribution in [2.24, 2.45) is 11.8 Å². The molecule has 118 valence electrons. The van der Waals surface area contributed by atoms with Gasteiger partial charge in [0.05, 0.1) is 11.7 Å². The van der Waals surface area contributed by atoms with Crippen LogP contribution in [0.25, 0.3) is 0 Å². The molecule has 0 aliphatic heterocycles. The molecule has 2 aliphatic rings. The lowest BCUT2D eigenvalue weighted by atomic mass is 9.78. The van der Waals surface area contributed by atoms with Crippen molar-refractivity contribution in [3.63, 3.8) is 0 Å². The third-order valence-electron chi connectivity index (χ3n) is 5.49. The molecule has 2 rings (SSSR count). The van der Waals surface area contributed by atoms with E-state index in [1.165, 1.54) is 57.8 Å². The van der Waals surface area contributed by atoms with E-state index in [1.807, 2.05) is 0 Å². The Bertz CT molecular complexity index is 271. The first-order valence-corrected chi connectivity index (χ1v) is 9.04. The van der Waals surface area contributed by atoms with Crippen molar-refractivity contribution in [3.05, 3.63) is 0 Å². The van der Waals surface area contributed by atoms with Gasteiger partial charge < -0.3 is 10.1 Å². The second-order valence-corrected chi connectivity index (χ2v) is 7.46.